The maximum Gasteiger partial charge on any atom is 0.222 e. The third-order valence-electron chi connectivity index (χ3n) is 3.08. The molecule has 0 unspecified atom stereocenters. The van der Waals surface area contributed by atoms with E-state index in [1.165, 1.54) is 16.5 Å². The molecule has 2 rings (SSSR count). The molecular formula is C14H18N2O. The van der Waals surface area contributed by atoms with E-state index in [4.69, 9.17) is 0 Å². The van der Waals surface area contributed by atoms with Crippen LogP contribution in [0.4, 0.5) is 0 Å². The van der Waals surface area contributed by atoms with Gasteiger partial charge in [-0.2, -0.15) is 0 Å². The Hall–Kier alpha value is -1.77. The van der Waals surface area contributed by atoms with Crippen LogP contribution in [0.5, 0.6) is 0 Å². The summed E-state index contributed by atoms with van der Waals surface area (Å²) < 4.78 is 2.10. The number of aryl methyl sites for hydroxylation is 2. The minimum Gasteiger partial charge on any atom is -0.351 e. The molecule has 0 radical (unpaired) electrons. The van der Waals surface area contributed by atoms with Gasteiger partial charge in [0.1, 0.15) is 0 Å². The summed E-state index contributed by atoms with van der Waals surface area (Å²) in [5.41, 5.74) is 2.45. The third-order valence-corrected chi connectivity index (χ3v) is 3.08. The van der Waals surface area contributed by atoms with E-state index < -0.39 is 0 Å². The molecule has 1 aromatic carbocycles. The van der Waals surface area contributed by atoms with Crippen molar-refractivity contribution in [3.8, 4) is 0 Å². The van der Waals surface area contributed by atoms with Crippen LogP contribution in [-0.4, -0.2) is 29.5 Å². The largest absolute Gasteiger partial charge is 0.351 e. The average Bonchev–Trinajstić information content (AvgIpc) is 2.67. The van der Waals surface area contributed by atoms with E-state index in [1.54, 1.807) is 19.0 Å². The van der Waals surface area contributed by atoms with Crippen LogP contribution >= 0.6 is 0 Å². The van der Waals surface area contributed by atoms with Gasteiger partial charge in [-0.3, -0.25) is 4.79 Å². The lowest BCUT2D eigenvalue weighted by molar-refractivity contribution is -0.128. The average molecular weight is 230 g/mol. The Bertz CT molecular complexity index is 540. The Morgan fingerprint density at radius 2 is 2.06 bits per heavy atom. The summed E-state index contributed by atoms with van der Waals surface area (Å²) in [5.74, 6) is 0.179. The van der Waals surface area contributed by atoms with Crippen LogP contribution < -0.4 is 0 Å². The lowest BCUT2D eigenvalue weighted by Gasteiger charge is -2.09. The molecule has 3 heteroatoms. The summed E-state index contributed by atoms with van der Waals surface area (Å²) >= 11 is 0. The highest BCUT2D eigenvalue weighted by Gasteiger charge is 2.05. The van der Waals surface area contributed by atoms with Crippen molar-refractivity contribution < 1.29 is 4.79 Å². The summed E-state index contributed by atoms with van der Waals surface area (Å²) in [6.45, 7) is 0. The fraction of sp³-hybridized carbons (Fsp3) is 0.357. The number of amides is 1. The molecule has 0 bridgehead atoms. The van der Waals surface area contributed by atoms with Crippen molar-refractivity contribution in [2.45, 2.75) is 12.8 Å². The Kier molecular flexibility index (Phi) is 3.18. The van der Waals surface area contributed by atoms with Crippen LogP contribution in [0.1, 0.15) is 12.0 Å². The lowest BCUT2D eigenvalue weighted by atomic mass is 10.1. The van der Waals surface area contributed by atoms with Gasteiger partial charge in [0, 0.05) is 39.3 Å². The van der Waals surface area contributed by atoms with Crippen LogP contribution in [-0.2, 0) is 18.3 Å². The minimum absolute atomic E-state index is 0.179. The van der Waals surface area contributed by atoms with E-state index in [-0.39, 0.29) is 5.91 Å². The number of carbonyl (C=O) groups is 1. The zero-order valence-electron chi connectivity index (χ0n) is 10.6. The van der Waals surface area contributed by atoms with Crippen LogP contribution in [0.25, 0.3) is 10.9 Å². The number of rotatable bonds is 3. The highest BCUT2D eigenvalue weighted by Crippen LogP contribution is 2.17. The number of hydrogen-bond acceptors (Lipinski definition) is 1. The van der Waals surface area contributed by atoms with Gasteiger partial charge in [-0.1, -0.05) is 6.07 Å². The molecular weight excluding hydrogens is 212 g/mol. The van der Waals surface area contributed by atoms with Gasteiger partial charge in [-0.15, -0.1) is 0 Å². The quantitative estimate of drug-likeness (QED) is 0.793. The molecule has 3 nitrogen and oxygen atoms in total. The van der Waals surface area contributed by atoms with E-state index in [0.29, 0.717) is 6.42 Å². The first-order valence-electron chi connectivity index (χ1n) is 5.82. The highest BCUT2D eigenvalue weighted by molar-refractivity contribution is 5.81. The van der Waals surface area contributed by atoms with Gasteiger partial charge in [-0.25, -0.2) is 0 Å². The molecule has 17 heavy (non-hydrogen) atoms. The highest BCUT2D eigenvalue weighted by atomic mass is 16.2. The van der Waals surface area contributed by atoms with Gasteiger partial charge >= 0.3 is 0 Å². The molecule has 0 N–H and O–H groups in total. The van der Waals surface area contributed by atoms with Crippen molar-refractivity contribution in [2.24, 2.45) is 7.05 Å². The third kappa shape index (κ3) is 2.49. The zero-order chi connectivity index (χ0) is 12.4. The molecule has 0 saturated heterocycles. The number of hydrogen-bond donors (Lipinski definition) is 0. The second-order valence-corrected chi connectivity index (χ2v) is 4.61. The normalized spacial score (nSPS) is 10.8. The van der Waals surface area contributed by atoms with Gasteiger partial charge in [0.2, 0.25) is 5.91 Å². The van der Waals surface area contributed by atoms with Crippen molar-refractivity contribution in [1.82, 2.24) is 9.47 Å². The van der Waals surface area contributed by atoms with Crippen molar-refractivity contribution in [3.05, 3.63) is 36.0 Å². The number of nitrogens with zero attached hydrogens (tertiary/aromatic N) is 2. The first-order valence-corrected chi connectivity index (χ1v) is 5.82. The van der Waals surface area contributed by atoms with E-state index in [9.17, 15) is 4.79 Å². The smallest absolute Gasteiger partial charge is 0.222 e. The maximum atomic E-state index is 11.5. The van der Waals surface area contributed by atoms with Crippen LogP contribution in [0.15, 0.2) is 30.5 Å². The second kappa shape index (κ2) is 4.62. The summed E-state index contributed by atoms with van der Waals surface area (Å²) in [7, 11) is 5.63. The van der Waals surface area contributed by atoms with Gasteiger partial charge in [0.05, 0.1) is 0 Å². The summed E-state index contributed by atoms with van der Waals surface area (Å²) in [6, 6.07) is 8.49. The second-order valence-electron chi connectivity index (χ2n) is 4.61. The Morgan fingerprint density at radius 1 is 1.29 bits per heavy atom. The van der Waals surface area contributed by atoms with Crippen molar-refractivity contribution in [3.63, 3.8) is 0 Å². The Balaban J connectivity index is 2.12. The molecule has 0 spiro atoms. The molecule has 90 valence electrons. The monoisotopic (exact) mass is 230 g/mol. The van der Waals surface area contributed by atoms with Gasteiger partial charge in [0.15, 0.2) is 0 Å². The number of benzene rings is 1. The molecule has 0 fully saturated rings. The van der Waals surface area contributed by atoms with Crippen LogP contribution in [0.3, 0.4) is 0 Å². The number of fused-ring (bicyclic) bond motifs is 1. The summed E-state index contributed by atoms with van der Waals surface area (Å²) in [4.78, 5) is 13.1. The van der Waals surface area contributed by atoms with Crippen molar-refractivity contribution in [1.29, 1.82) is 0 Å². The molecule has 0 aliphatic rings. The lowest BCUT2D eigenvalue weighted by Crippen LogP contribution is -2.21. The first kappa shape index (κ1) is 11.7. The van der Waals surface area contributed by atoms with Crippen molar-refractivity contribution >= 4 is 16.8 Å². The topological polar surface area (TPSA) is 25.2 Å². The fourth-order valence-electron chi connectivity index (χ4n) is 1.96. The SMILES string of the molecule is CN(C)C(=O)CCc1ccc2c(ccn2C)c1. The van der Waals surface area contributed by atoms with E-state index in [1.807, 2.05) is 7.05 Å². The van der Waals surface area contributed by atoms with Gasteiger partial charge in [-0.05, 0) is 35.6 Å². The molecule has 1 aromatic heterocycles. The summed E-state index contributed by atoms with van der Waals surface area (Å²) in [5, 5.41) is 1.24. The zero-order valence-corrected chi connectivity index (χ0v) is 10.6. The molecule has 0 aliphatic heterocycles. The molecule has 0 aliphatic carbocycles. The fourth-order valence-corrected chi connectivity index (χ4v) is 1.96. The van der Waals surface area contributed by atoms with E-state index in [2.05, 4.69) is 35.0 Å². The van der Waals surface area contributed by atoms with Gasteiger partial charge < -0.3 is 9.47 Å². The standard InChI is InChI=1S/C14H18N2O/c1-15(2)14(17)7-5-11-4-6-13-12(10-11)8-9-16(13)3/h4,6,8-10H,5,7H2,1-3H3. The molecule has 0 atom stereocenters. The maximum absolute atomic E-state index is 11.5. The molecule has 1 heterocycles. The van der Waals surface area contributed by atoms with Crippen molar-refractivity contribution in [2.75, 3.05) is 14.1 Å². The van der Waals surface area contributed by atoms with Crippen LogP contribution in [0.2, 0.25) is 0 Å². The van der Waals surface area contributed by atoms with Gasteiger partial charge in [0.25, 0.3) is 0 Å². The predicted octanol–water partition coefficient (Wildman–Crippen LogP) is 2.20. The predicted molar refractivity (Wildman–Crippen MR) is 69.9 cm³/mol. The van der Waals surface area contributed by atoms with E-state index in [0.717, 1.165) is 6.42 Å². The molecule has 1 amide bonds. The Labute approximate surface area is 102 Å². The van der Waals surface area contributed by atoms with Crippen LogP contribution in [0, 0.1) is 0 Å². The minimum atomic E-state index is 0.179. The van der Waals surface area contributed by atoms with E-state index >= 15 is 0 Å². The number of carbonyl (C=O) groups excluding carboxylic acids is 1. The molecule has 0 saturated carbocycles. The number of aromatic nitrogens is 1. The molecule has 2 aromatic rings. The Morgan fingerprint density at radius 3 is 2.76 bits per heavy atom. The first-order chi connectivity index (χ1) is 8.08. The summed E-state index contributed by atoms with van der Waals surface area (Å²) in [6.07, 6.45) is 3.44.